The highest BCUT2D eigenvalue weighted by molar-refractivity contribution is 5.74. The van der Waals surface area contributed by atoms with Crippen LogP contribution in [0.5, 0.6) is 5.75 Å². The second-order valence-corrected chi connectivity index (χ2v) is 7.40. The number of hydrogen-bond acceptors (Lipinski definition) is 3. The first-order chi connectivity index (χ1) is 14.3. The van der Waals surface area contributed by atoms with Crippen LogP contribution in [0.3, 0.4) is 0 Å². The van der Waals surface area contributed by atoms with Gasteiger partial charge in [-0.3, -0.25) is 0 Å². The fourth-order valence-electron chi connectivity index (χ4n) is 3.29. The molecule has 0 aliphatic rings. The van der Waals surface area contributed by atoms with Gasteiger partial charge in [0.15, 0.2) is 0 Å². The predicted octanol–water partition coefficient (Wildman–Crippen LogP) is 5.17. The number of imidazole rings is 1. The molecule has 0 amide bonds. The van der Waals surface area contributed by atoms with Gasteiger partial charge in [-0.15, -0.1) is 0 Å². The van der Waals surface area contributed by atoms with Gasteiger partial charge in [0.25, 0.3) is 0 Å². The fraction of sp³-hybridized carbons (Fsp3) is 0.240. The number of nitrogens with one attached hydrogen (secondary N) is 2. The standard InChI is InChI=1S/C25H27N3O/c1-19-8-10-21(11-9-19)18-29-22-14-12-20(13-15-22)17-26-16-4-7-25-27-23-5-2-3-6-24(23)28-25/h2-3,5-6,8-15,26H,4,7,16-18H2,1H3,(H,27,28). The highest BCUT2D eigenvalue weighted by Crippen LogP contribution is 2.15. The Morgan fingerprint density at radius 2 is 1.66 bits per heavy atom. The van der Waals surface area contributed by atoms with Crippen LogP contribution in [0, 0.1) is 6.92 Å². The van der Waals surface area contributed by atoms with E-state index >= 15 is 0 Å². The molecule has 0 saturated heterocycles. The van der Waals surface area contributed by atoms with Crippen molar-refractivity contribution in [3.8, 4) is 5.75 Å². The second-order valence-electron chi connectivity index (χ2n) is 7.40. The van der Waals surface area contributed by atoms with Crippen LogP contribution >= 0.6 is 0 Å². The molecule has 148 valence electrons. The summed E-state index contributed by atoms with van der Waals surface area (Å²) in [5.41, 5.74) is 5.87. The summed E-state index contributed by atoms with van der Waals surface area (Å²) >= 11 is 0. The third kappa shape index (κ3) is 5.46. The van der Waals surface area contributed by atoms with Gasteiger partial charge < -0.3 is 15.0 Å². The first kappa shape index (κ1) is 19.2. The summed E-state index contributed by atoms with van der Waals surface area (Å²) in [6.45, 7) is 4.51. The molecule has 4 rings (SSSR count). The maximum atomic E-state index is 5.87. The van der Waals surface area contributed by atoms with E-state index in [0.717, 1.165) is 48.5 Å². The number of aromatic nitrogens is 2. The van der Waals surface area contributed by atoms with Crippen LogP contribution < -0.4 is 10.1 Å². The van der Waals surface area contributed by atoms with E-state index in [1.54, 1.807) is 0 Å². The summed E-state index contributed by atoms with van der Waals surface area (Å²) in [7, 11) is 0. The van der Waals surface area contributed by atoms with E-state index in [2.05, 4.69) is 64.7 Å². The van der Waals surface area contributed by atoms with Gasteiger partial charge in [-0.25, -0.2) is 4.98 Å². The minimum absolute atomic E-state index is 0.597. The molecule has 0 aliphatic carbocycles. The Morgan fingerprint density at radius 3 is 2.45 bits per heavy atom. The number of aryl methyl sites for hydroxylation is 2. The zero-order valence-electron chi connectivity index (χ0n) is 16.8. The average Bonchev–Trinajstić information content (AvgIpc) is 3.17. The van der Waals surface area contributed by atoms with Crippen molar-refractivity contribution in [2.24, 2.45) is 0 Å². The lowest BCUT2D eigenvalue weighted by molar-refractivity contribution is 0.306. The third-order valence-corrected chi connectivity index (χ3v) is 4.98. The van der Waals surface area contributed by atoms with E-state index in [0.29, 0.717) is 6.61 Å². The highest BCUT2D eigenvalue weighted by Gasteiger charge is 2.02. The van der Waals surface area contributed by atoms with Crippen LogP contribution in [0.1, 0.15) is 28.9 Å². The smallest absolute Gasteiger partial charge is 0.119 e. The van der Waals surface area contributed by atoms with Gasteiger partial charge in [0.1, 0.15) is 18.2 Å². The van der Waals surface area contributed by atoms with E-state index in [1.165, 1.54) is 16.7 Å². The molecular weight excluding hydrogens is 358 g/mol. The summed E-state index contributed by atoms with van der Waals surface area (Å²) < 4.78 is 5.87. The largest absolute Gasteiger partial charge is 0.489 e. The first-order valence-electron chi connectivity index (χ1n) is 10.2. The van der Waals surface area contributed by atoms with Crippen LogP contribution in [0.15, 0.2) is 72.8 Å². The Balaban J connectivity index is 1.16. The normalized spacial score (nSPS) is 11.1. The lowest BCUT2D eigenvalue weighted by atomic mass is 10.2. The Labute approximate surface area is 172 Å². The van der Waals surface area contributed by atoms with Crippen molar-refractivity contribution in [1.29, 1.82) is 0 Å². The Bertz CT molecular complexity index is 1000. The van der Waals surface area contributed by atoms with E-state index in [-0.39, 0.29) is 0 Å². The molecule has 29 heavy (non-hydrogen) atoms. The SMILES string of the molecule is Cc1ccc(COc2ccc(CNCCCc3nc4ccccc4[nH]3)cc2)cc1. The lowest BCUT2D eigenvalue weighted by Gasteiger charge is -2.08. The molecule has 4 aromatic rings. The topological polar surface area (TPSA) is 49.9 Å². The van der Waals surface area contributed by atoms with Gasteiger partial charge in [-0.1, -0.05) is 54.1 Å². The lowest BCUT2D eigenvalue weighted by Crippen LogP contribution is -2.15. The monoisotopic (exact) mass is 385 g/mol. The fourth-order valence-corrected chi connectivity index (χ4v) is 3.29. The van der Waals surface area contributed by atoms with Gasteiger partial charge in [-0.2, -0.15) is 0 Å². The van der Waals surface area contributed by atoms with Crippen LogP contribution in [0.25, 0.3) is 11.0 Å². The van der Waals surface area contributed by atoms with E-state index in [4.69, 9.17) is 4.74 Å². The van der Waals surface area contributed by atoms with Crippen molar-refractivity contribution in [3.63, 3.8) is 0 Å². The molecule has 0 aliphatic heterocycles. The number of hydrogen-bond donors (Lipinski definition) is 2. The van der Waals surface area contributed by atoms with Crippen molar-refractivity contribution in [1.82, 2.24) is 15.3 Å². The van der Waals surface area contributed by atoms with Gasteiger partial charge in [-0.05, 0) is 55.3 Å². The minimum Gasteiger partial charge on any atom is -0.489 e. The molecule has 0 unspecified atom stereocenters. The minimum atomic E-state index is 0.597. The first-order valence-corrected chi connectivity index (χ1v) is 10.2. The number of aromatic amines is 1. The quantitative estimate of drug-likeness (QED) is 0.391. The summed E-state index contributed by atoms with van der Waals surface area (Å²) in [5, 5.41) is 3.51. The highest BCUT2D eigenvalue weighted by atomic mass is 16.5. The Kier molecular flexibility index (Phi) is 6.22. The zero-order valence-corrected chi connectivity index (χ0v) is 16.8. The number of H-pyrrole nitrogens is 1. The van der Waals surface area contributed by atoms with E-state index in [9.17, 15) is 0 Å². The number of nitrogens with zero attached hydrogens (tertiary/aromatic N) is 1. The Hall–Kier alpha value is -3.11. The molecule has 0 spiro atoms. The van der Waals surface area contributed by atoms with Gasteiger partial charge in [0, 0.05) is 13.0 Å². The number of benzene rings is 3. The second kappa shape index (κ2) is 9.39. The summed E-state index contributed by atoms with van der Waals surface area (Å²) in [6, 6.07) is 24.9. The van der Waals surface area contributed by atoms with Crippen LogP contribution in [0.4, 0.5) is 0 Å². The molecule has 2 N–H and O–H groups in total. The van der Waals surface area contributed by atoms with Crippen LogP contribution in [-0.2, 0) is 19.6 Å². The molecule has 1 heterocycles. The third-order valence-electron chi connectivity index (χ3n) is 4.98. The molecule has 0 atom stereocenters. The molecule has 0 saturated carbocycles. The van der Waals surface area contributed by atoms with Gasteiger partial charge in [0.2, 0.25) is 0 Å². The van der Waals surface area contributed by atoms with E-state index in [1.807, 2.05) is 30.3 Å². The van der Waals surface area contributed by atoms with Crippen molar-refractivity contribution in [2.45, 2.75) is 32.9 Å². The van der Waals surface area contributed by atoms with E-state index < -0.39 is 0 Å². The maximum absolute atomic E-state index is 5.87. The molecular formula is C25H27N3O. The van der Waals surface area contributed by atoms with Crippen LogP contribution in [0.2, 0.25) is 0 Å². The molecule has 4 nitrogen and oxygen atoms in total. The molecule has 0 fully saturated rings. The van der Waals surface area contributed by atoms with Gasteiger partial charge >= 0.3 is 0 Å². The van der Waals surface area contributed by atoms with Crippen molar-refractivity contribution < 1.29 is 4.74 Å². The molecule has 1 aromatic heterocycles. The number of rotatable bonds is 9. The number of para-hydroxylation sites is 2. The summed E-state index contributed by atoms with van der Waals surface area (Å²) in [5.74, 6) is 1.96. The average molecular weight is 386 g/mol. The molecule has 4 heteroatoms. The van der Waals surface area contributed by atoms with Crippen molar-refractivity contribution >= 4 is 11.0 Å². The number of ether oxygens (including phenoxy) is 1. The molecule has 0 radical (unpaired) electrons. The van der Waals surface area contributed by atoms with Crippen LogP contribution in [-0.4, -0.2) is 16.5 Å². The zero-order chi connectivity index (χ0) is 19.9. The summed E-state index contributed by atoms with van der Waals surface area (Å²) in [4.78, 5) is 8.01. The van der Waals surface area contributed by atoms with Crippen molar-refractivity contribution in [3.05, 3.63) is 95.3 Å². The molecule has 3 aromatic carbocycles. The molecule has 0 bridgehead atoms. The number of fused-ring (bicyclic) bond motifs is 1. The predicted molar refractivity (Wildman–Crippen MR) is 118 cm³/mol. The van der Waals surface area contributed by atoms with Crippen molar-refractivity contribution in [2.75, 3.05) is 6.54 Å². The maximum Gasteiger partial charge on any atom is 0.119 e. The van der Waals surface area contributed by atoms with Gasteiger partial charge in [0.05, 0.1) is 11.0 Å². The summed E-state index contributed by atoms with van der Waals surface area (Å²) in [6.07, 6.45) is 2.00. The Morgan fingerprint density at radius 1 is 0.897 bits per heavy atom.